The van der Waals surface area contributed by atoms with E-state index in [-0.39, 0.29) is 5.54 Å². The minimum Gasteiger partial charge on any atom is -0.305 e. The molecule has 1 aromatic heterocycles. The van der Waals surface area contributed by atoms with Gasteiger partial charge < -0.3 is 5.32 Å². The highest BCUT2D eigenvalue weighted by Gasteiger charge is 2.39. The standard InChI is InChI=1S/C16H27N3O/c1-4-8-16(9-6-10-17-16)15(20)12-14-7-11-19(18-14)13(3)5-2/h7,11,13,17H,4-6,8-10,12H2,1-3H3. The highest BCUT2D eigenvalue weighted by molar-refractivity contribution is 5.90. The Bertz CT molecular complexity index is 446. The third kappa shape index (κ3) is 3.11. The largest absolute Gasteiger partial charge is 0.305 e. The Morgan fingerprint density at radius 1 is 1.55 bits per heavy atom. The average molecular weight is 277 g/mol. The molecule has 0 aromatic carbocycles. The maximum Gasteiger partial charge on any atom is 0.158 e. The number of aromatic nitrogens is 2. The molecule has 0 saturated carbocycles. The van der Waals surface area contributed by atoms with Crippen molar-refractivity contribution in [3.05, 3.63) is 18.0 Å². The van der Waals surface area contributed by atoms with Crippen molar-refractivity contribution in [1.82, 2.24) is 15.1 Å². The molecule has 2 rings (SSSR count). The predicted octanol–water partition coefficient (Wildman–Crippen LogP) is 2.89. The number of ketones is 1. The fourth-order valence-corrected chi connectivity index (χ4v) is 3.06. The summed E-state index contributed by atoms with van der Waals surface area (Å²) in [5, 5.41) is 8.00. The van der Waals surface area contributed by atoms with Gasteiger partial charge in [0.25, 0.3) is 0 Å². The number of carbonyl (C=O) groups is 1. The van der Waals surface area contributed by atoms with Crippen molar-refractivity contribution in [1.29, 1.82) is 0 Å². The molecule has 1 aliphatic rings. The van der Waals surface area contributed by atoms with Crippen LogP contribution in [0.25, 0.3) is 0 Å². The van der Waals surface area contributed by atoms with E-state index in [1.165, 1.54) is 0 Å². The van der Waals surface area contributed by atoms with E-state index in [9.17, 15) is 4.79 Å². The summed E-state index contributed by atoms with van der Waals surface area (Å²) in [4.78, 5) is 12.7. The lowest BCUT2D eigenvalue weighted by molar-refractivity contribution is -0.124. The summed E-state index contributed by atoms with van der Waals surface area (Å²) < 4.78 is 1.97. The number of Topliss-reactive ketones (excluding diaryl/α,β-unsaturated/α-hetero) is 1. The van der Waals surface area contributed by atoms with Crippen LogP contribution >= 0.6 is 0 Å². The molecule has 1 N–H and O–H groups in total. The molecule has 1 aromatic rings. The number of nitrogens with one attached hydrogen (secondary N) is 1. The van der Waals surface area contributed by atoms with Crippen LogP contribution in [0.3, 0.4) is 0 Å². The molecule has 112 valence electrons. The molecule has 0 bridgehead atoms. The molecule has 20 heavy (non-hydrogen) atoms. The van der Waals surface area contributed by atoms with Gasteiger partial charge >= 0.3 is 0 Å². The van der Waals surface area contributed by atoms with Crippen molar-refractivity contribution in [2.75, 3.05) is 6.54 Å². The normalized spacial score (nSPS) is 23.9. The molecule has 1 saturated heterocycles. The summed E-state index contributed by atoms with van der Waals surface area (Å²) in [6.45, 7) is 7.41. The van der Waals surface area contributed by atoms with Crippen LogP contribution in [0.4, 0.5) is 0 Å². The van der Waals surface area contributed by atoms with Crippen LogP contribution in [0.2, 0.25) is 0 Å². The summed E-state index contributed by atoms with van der Waals surface area (Å²) >= 11 is 0. The summed E-state index contributed by atoms with van der Waals surface area (Å²) in [5.74, 6) is 0.311. The van der Waals surface area contributed by atoms with E-state index >= 15 is 0 Å². The molecule has 0 amide bonds. The Balaban J connectivity index is 2.04. The smallest absolute Gasteiger partial charge is 0.158 e. The zero-order chi connectivity index (χ0) is 14.6. The van der Waals surface area contributed by atoms with Crippen LogP contribution in [0.15, 0.2) is 12.3 Å². The van der Waals surface area contributed by atoms with Gasteiger partial charge in [-0.05, 0) is 45.2 Å². The van der Waals surface area contributed by atoms with Crippen LogP contribution in [0.5, 0.6) is 0 Å². The topological polar surface area (TPSA) is 46.9 Å². The Labute approximate surface area is 121 Å². The molecular formula is C16H27N3O. The van der Waals surface area contributed by atoms with Crippen molar-refractivity contribution < 1.29 is 4.79 Å². The molecule has 2 atom stereocenters. The number of carbonyl (C=O) groups excluding carboxylic acids is 1. The lowest BCUT2D eigenvalue weighted by Crippen LogP contribution is -2.48. The van der Waals surface area contributed by atoms with Gasteiger partial charge in [-0.15, -0.1) is 0 Å². The van der Waals surface area contributed by atoms with Gasteiger partial charge in [0, 0.05) is 12.2 Å². The minimum absolute atomic E-state index is 0.283. The quantitative estimate of drug-likeness (QED) is 0.833. The molecule has 1 aliphatic heterocycles. The van der Waals surface area contributed by atoms with Crippen LogP contribution < -0.4 is 5.32 Å². The molecule has 0 radical (unpaired) electrons. The Morgan fingerprint density at radius 3 is 2.95 bits per heavy atom. The van der Waals surface area contributed by atoms with Crippen molar-refractivity contribution in [2.24, 2.45) is 0 Å². The van der Waals surface area contributed by atoms with Gasteiger partial charge in [-0.3, -0.25) is 9.48 Å². The number of hydrogen-bond acceptors (Lipinski definition) is 3. The van der Waals surface area contributed by atoms with E-state index in [0.29, 0.717) is 18.2 Å². The third-order valence-electron chi connectivity index (χ3n) is 4.50. The number of nitrogens with zero attached hydrogens (tertiary/aromatic N) is 2. The second-order valence-corrected chi connectivity index (χ2v) is 6.01. The first-order valence-corrected chi connectivity index (χ1v) is 7.93. The molecule has 2 unspecified atom stereocenters. The first-order valence-electron chi connectivity index (χ1n) is 7.93. The highest BCUT2D eigenvalue weighted by atomic mass is 16.1. The van der Waals surface area contributed by atoms with Crippen LogP contribution in [0, 0.1) is 0 Å². The SMILES string of the molecule is CCCC1(C(=O)Cc2ccn(C(C)CC)n2)CCCN1. The van der Waals surface area contributed by atoms with E-state index in [4.69, 9.17) is 0 Å². The van der Waals surface area contributed by atoms with E-state index in [1.54, 1.807) is 0 Å². The fraction of sp³-hybridized carbons (Fsp3) is 0.750. The first-order chi connectivity index (χ1) is 9.61. The van der Waals surface area contributed by atoms with Crippen molar-refractivity contribution in [3.63, 3.8) is 0 Å². The van der Waals surface area contributed by atoms with Crippen LogP contribution in [-0.2, 0) is 11.2 Å². The highest BCUT2D eigenvalue weighted by Crippen LogP contribution is 2.27. The maximum absolute atomic E-state index is 12.7. The van der Waals surface area contributed by atoms with Crippen LogP contribution in [0.1, 0.15) is 64.6 Å². The third-order valence-corrected chi connectivity index (χ3v) is 4.50. The molecule has 0 aliphatic carbocycles. The van der Waals surface area contributed by atoms with E-state index in [2.05, 4.69) is 31.2 Å². The van der Waals surface area contributed by atoms with Gasteiger partial charge in [0.1, 0.15) is 0 Å². The summed E-state index contributed by atoms with van der Waals surface area (Å²) in [6, 6.07) is 2.38. The summed E-state index contributed by atoms with van der Waals surface area (Å²) in [6.07, 6.45) is 7.56. The summed E-state index contributed by atoms with van der Waals surface area (Å²) in [5.41, 5.74) is 0.619. The Hall–Kier alpha value is -1.16. The van der Waals surface area contributed by atoms with Crippen molar-refractivity contribution in [2.45, 2.75) is 70.9 Å². The zero-order valence-electron chi connectivity index (χ0n) is 13.0. The van der Waals surface area contributed by atoms with Gasteiger partial charge in [0.2, 0.25) is 0 Å². The van der Waals surface area contributed by atoms with Gasteiger partial charge in [-0.2, -0.15) is 5.10 Å². The van der Waals surface area contributed by atoms with Gasteiger partial charge in [0.05, 0.1) is 17.7 Å². The van der Waals surface area contributed by atoms with E-state index < -0.39 is 0 Å². The fourth-order valence-electron chi connectivity index (χ4n) is 3.06. The monoisotopic (exact) mass is 277 g/mol. The lowest BCUT2D eigenvalue weighted by atomic mass is 9.85. The molecule has 4 nitrogen and oxygen atoms in total. The average Bonchev–Trinajstić information content (AvgIpc) is 3.08. The second kappa shape index (κ2) is 6.53. The van der Waals surface area contributed by atoms with Crippen molar-refractivity contribution >= 4 is 5.78 Å². The van der Waals surface area contributed by atoms with Crippen molar-refractivity contribution in [3.8, 4) is 0 Å². The minimum atomic E-state index is -0.283. The summed E-state index contributed by atoms with van der Waals surface area (Å²) in [7, 11) is 0. The first kappa shape index (κ1) is 15.2. The van der Waals surface area contributed by atoms with Crippen LogP contribution in [-0.4, -0.2) is 27.6 Å². The lowest BCUT2D eigenvalue weighted by Gasteiger charge is -2.27. The van der Waals surface area contributed by atoms with Gasteiger partial charge in [-0.1, -0.05) is 20.3 Å². The van der Waals surface area contributed by atoms with Gasteiger partial charge in [-0.25, -0.2) is 0 Å². The molecule has 0 spiro atoms. The predicted molar refractivity (Wildman–Crippen MR) is 80.8 cm³/mol. The zero-order valence-corrected chi connectivity index (χ0v) is 13.0. The number of hydrogen-bond donors (Lipinski definition) is 1. The maximum atomic E-state index is 12.7. The Morgan fingerprint density at radius 2 is 2.35 bits per heavy atom. The molecule has 4 heteroatoms. The molecular weight excluding hydrogens is 250 g/mol. The van der Waals surface area contributed by atoms with Gasteiger partial charge in [0.15, 0.2) is 5.78 Å². The van der Waals surface area contributed by atoms with E-state index in [0.717, 1.165) is 44.3 Å². The number of rotatable bonds is 7. The van der Waals surface area contributed by atoms with E-state index in [1.807, 2.05) is 16.9 Å². The Kier molecular flexibility index (Phi) is 4.97. The molecule has 1 fully saturated rings. The molecule has 2 heterocycles. The second-order valence-electron chi connectivity index (χ2n) is 6.01.